The Balaban J connectivity index is 2.27. The number of carbonyl (C=O) groups excluding carboxylic acids is 2. The van der Waals surface area contributed by atoms with E-state index in [0.29, 0.717) is 5.69 Å². The van der Waals surface area contributed by atoms with E-state index in [1.165, 1.54) is 13.1 Å². The minimum atomic E-state index is -0.482. The first kappa shape index (κ1) is 13.6. The maximum absolute atomic E-state index is 11.5. The van der Waals surface area contributed by atoms with Gasteiger partial charge in [-0.25, -0.2) is 0 Å². The largest absolute Gasteiger partial charge is 0.410 e. The summed E-state index contributed by atoms with van der Waals surface area (Å²) in [5.74, 6) is -0.790. The molecule has 0 saturated carbocycles. The van der Waals surface area contributed by atoms with Crippen molar-refractivity contribution in [3.05, 3.63) is 30.1 Å². The average Bonchev–Trinajstić information content (AvgIpc) is 2.43. The molecule has 3 N–H and O–H groups in total. The molecule has 7 nitrogen and oxygen atoms in total. The summed E-state index contributed by atoms with van der Waals surface area (Å²) < 4.78 is 0. The standard InChI is InChI=1S/C11H14N4O3/c1-8(15-18)10(16)13-6-7-14-11(17)9-4-2-3-5-12-9/h2-5,18H,6-7H2,1H3,(H,13,16)(H,14,17)/b15-8-. The molecule has 1 heterocycles. The molecular weight excluding hydrogens is 236 g/mol. The van der Waals surface area contributed by atoms with E-state index in [4.69, 9.17) is 5.21 Å². The van der Waals surface area contributed by atoms with Gasteiger partial charge < -0.3 is 15.8 Å². The Morgan fingerprint density at radius 3 is 2.67 bits per heavy atom. The van der Waals surface area contributed by atoms with E-state index < -0.39 is 5.91 Å². The molecule has 0 aliphatic carbocycles. The van der Waals surface area contributed by atoms with E-state index in [-0.39, 0.29) is 24.7 Å². The molecule has 0 radical (unpaired) electrons. The van der Waals surface area contributed by atoms with E-state index in [0.717, 1.165) is 0 Å². The van der Waals surface area contributed by atoms with Gasteiger partial charge in [-0.3, -0.25) is 14.6 Å². The van der Waals surface area contributed by atoms with Crippen molar-refractivity contribution in [1.82, 2.24) is 15.6 Å². The van der Waals surface area contributed by atoms with Crippen LogP contribution < -0.4 is 10.6 Å². The van der Waals surface area contributed by atoms with Crippen LogP contribution in [0.25, 0.3) is 0 Å². The van der Waals surface area contributed by atoms with E-state index in [1.807, 2.05) is 0 Å². The average molecular weight is 250 g/mol. The smallest absolute Gasteiger partial charge is 0.269 e. The van der Waals surface area contributed by atoms with Crippen LogP contribution in [0.15, 0.2) is 29.6 Å². The summed E-state index contributed by atoms with van der Waals surface area (Å²) in [6.45, 7) is 1.88. The number of amides is 2. The molecule has 0 fully saturated rings. The molecule has 7 heteroatoms. The molecule has 1 aromatic rings. The highest BCUT2D eigenvalue weighted by Crippen LogP contribution is 1.91. The molecule has 0 aliphatic rings. The predicted molar refractivity (Wildman–Crippen MR) is 64.5 cm³/mol. The lowest BCUT2D eigenvalue weighted by molar-refractivity contribution is -0.114. The Hall–Kier alpha value is -2.44. The Morgan fingerprint density at radius 1 is 1.33 bits per heavy atom. The van der Waals surface area contributed by atoms with Gasteiger partial charge in [-0.1, -0.05) is 11.2 Å². The van der Waals surface area contributed by atoms with Crippen molar-refractivity contribution in [2.45, 2.75) is 6.92 Å². The topological polar surface area (TPSA) is 104 Å². The molecule has 0 aliphatic heterocycles. The number of nitrogens with zero attached hydrogens (tertiary/aromatic N) is 2. The molecule has 0 bridgehead atoms. The quantitative estimate of drug-likeness (QED) is 0.291. The number of hydrogen-bond donors (Lipinski definition) is 3. The monoisotopic (exact) mass is 250 g/mol. The highest BCUT2D eigenvalue weighted by atomic mass is 16.4. The maximum atomic E-state index is 11.5. The number of hydrogen-bond acceptors (Lipinski definition) is 5. The molecule has 0 saturated heterocycles. The fourth-order valence-corrected chi connectivity index (χ4v) is 1.11. The summed E-state index contributed by atoms with van der Waals surface area (Å²) >= 11 is 0. The third kappa shape index (κ3) is 4.20. The van der Waals surface area contributed by atoms with Crippen molar-refractivity contribution in [3.63, 3.8) is 0 Å². The molecule has 2 amide bonds. The second kappa shape index (κ2) is 7.00. The van der Waals surface area contributed by atoms with Crippen molar-refractivity contribution in [2.24, 2.45) is 5.16 Å². The second-order valence-electron chi connectivity index (χ2n) is 3.41. The van der Waals surface area contributed by atoms with Gasteiger partial charge in [0.25, 0.3) is 11.8 Å². The Kier molecular flexibility index (Phi) is 5.30. The van der Waals surface area contributed by atoms with Gasteiger partial charge in [0, 0.05) is 19.3 Å². The Bertz CT molecular complexity index is 445. The lowest BCUT2D eigenvalue weighted by Crippen LogP contribution is -2.37. The van der Waals surface area contributed by atoms with Gasteiger partial charge in [0.15, 0.2) is 0 Å². The third-order valence-corrected chi connectivity index (χ3v) is 2.07. The van der Waals surface area contributed by atoms with Crippen LogP contribution in [0.1, 0.15) is 17.4 Å². The lowest BCUT2D eigenvalue weighted by Gasteiger charge is -2.05. The highest BCUT2D eigenvalue weighted by molar-refractivity contribution is 6.37. The molecule has 96 valence electrons. The first-order valence-corrected chi connectivity index (χ1v) is 5.31. The highest BCUT2D eigenvalue weighted by Gasteiger charge is 2.07. The summed E-state index contributed by atoms with van der Waals surface area (Å²) in [5.41, 5.74) is 0.281. The molecule has 1 rings (SSSR count). The number of aromatic nitrogens is 1. The van der Waals surface area contributed by atoms with Crippen LogP contribution in [0.4, 0.5) is 0 Å². The SMILES string of the molecule is C/C(=N/O)C(=O)NCCNC(=O)c1ccccn1. The van der Waals surface area contributed by atoms with Gasteiger partial charge in [-0.05, 0) is 19.1 Å². The number of pyridine rings is 1. The van der Waals surface area contributed by atoms with Crippen LogP contribution in [0, 0.1) is 0 Å². The van der Waals surface area contributed by atoms with Gasteiger partial charge >= 0.3 is 0 Å². The van der Waals surface area contributed by atoms with Crippen LogP contribution in [0.2, 0.25) is 0 Å². The van der Waals surface area contributed by atoms with Gasteiger partial charge in [-0.2, -0.15) is 0 Å². The number of oxime groups is 1. The Labute approximate surface area is 104 Å². The Morgan fingerprint density at radius 2 is 2.06 bits per heavy atom. The zero-order chi connectivity index (χ0) is 13.4. The fourth-order valence-electron chi connectivity index (χ4n) is 1.11. The molecular formula is C11H14N4O3. The molecule has 0 atom stereocenters. The predicted octanol–water partition coefficient (Wildman–Crippen LogP) is -0.222. The van der Waals surface area contributed by atoms with Gasteiger partial charge in [0.05, 0.1) is 0 Å². The molecule has 18 heavy (non-hydrogen) atoms. The van der Waals surface area contributed by atoms with Gasteiger partial charge in [-0.15, -0.1) is 0 Å². The number of rotatable bonds is 5. The summed E-state index contributed by atoms with van der Waals surface area (Å²) in [5, 5.41) is 16.2. The zero-order valence-electron chi connectivity index (χ0n) is 9.88. The fraction of sp³-hybridized carbons (Fsp3) is 0.273. The minimum Gasteiger partial charge on any atom is -0.410 e. The molecule has 0 aromatic carbocycles. The van der Waals surface area contributed by atoms with Crippen molar-refractivity contribution < 1.29 is 14.8 Å². The van der Waals surface area contributed by atoms with E-state index in [9.17, 15) is 9.59 Å². The zero-order valence-corrected chi connectivity index (χ0v) is 9.88. The van der Waals surface area contributed by atoms with Crippen LogP contribution in [-0.2, 0) is 4.79 Å². The van der Waals surface area contributed by atoms with Gasteiger partial charge in [0.1, 0.15) is 11.4 Å². The van der Waals surface area contributed by atoms with Crippen LogP contribution in [-0.4, -0.2) is 40.8 Å². The van der Waals surface area contributed by atoms with Crippen molar-refractivity contribution in [3.8, 4) is 0 Å². The van der Waals surface area contributed by atoms with Gasteiger partial charge in [0.2, 0.25) is 0 Å². The first-order chi connectivity index (χ1) is 8.65. The van der Waals surface area contributed by atoms with E-state index in [2.05, 4.69) is 20.8 Å². The summed E-state index contributed by atoms with van der Waals surface area (Å²) in [7, 11) is 0. The number of carbonyl (C=O) groups is 2. The minimum absolute atomic E-state index is 0.0361. The van der Waals surface area contributed by atoms with E-state index in [1.54, 1.807) is 18.2 Å². The maximum Gasteiger partial charge on any atom is 0.269 e. The lowest BCUT2D eigenvalue weighted by atomic mass is 10.3. The van der Waals surface area contributed by atoms with Crippen LogP contribution in [0.5, 0.6) is 0 Å². The summed E-state index contributed by atoms with van der Waals surface area (Å²) in [6.07, 6.45) is 1.53. The molecule has 0 unspecified atom stereocenters. The second-order valence-corrected chi connectivity index (χ2v) is 3.41. The third-order valence-electron chi connectivity index (χ3n) is 2.07. The van der Waals surface area contributed by atoms with Crippen LogP contribution in [0.3, 0.4) is 0 Å². The van der Waals surface area contributed by atoms with Crippen molar-refractivity contribution >= 4 is 17.5 Å². The van der Waals surface area contributed by atoms with Crippen molar-refractivity contribution in [2.75, 3.05) is 13.1 Å². The van der Waals surface area contributed by atoms with E-state index >= 15 is 0 Å². The molecule has 1 aromatic heterocycles. The normalized spacial score (nSPS) is 10.8. The first-order valence-electron chi connectivity index (χ1n) is 5.31. The van der Waals surface area contributed by atoms with Crippen molar-refractivity contribution in [1.29, 1.82) is 0 Å². The number of nitrogens with one attached hydrogen (secondary N) is 2. The molecule has 0 spiro atoms. The van der Waals surface area contributed by atoms with Crippen LogP contribution >= 0.6 is 0 Å². The summed E-state index contributed by atoms with van der Waals surface area (Å²) in [6, 6.07) is 5.02. The summed E-state index contributed by atoms with van der Waals surface area (Å²) in [4.78, 5) is 26.6.